The molecule has 0 fully saturated rings. The van der Waals surface area contributed by atoms with Crippen molar-refractivity contribution in [2.75, 3.05) is 0 Å². The minimum absolute atomic E-state index is 0.0531. The van der Waals surface area contributed by atoms with E-state index in [9.17, 15) is 0 Å². The molecule has 2 aliphatic heterocycles. The maximum Gasteiger partial charge on any atom is 0.197 e. The average molecular weight is 487 g/mol. The van der Waals surface area contributed by atoms with Crippen LogP contribution in [0.1, 0.15) is 159 Å². The second-order valence-corrected chi connectivity index (χ2v) is 11.7. The molecule has 3 heteroatoms. The fourth-order valence-corrected chi connectivity index (χ4v) is 6.10. The second kappa shape index (κ2) is 13.9. The van der Waals surface area contributed by atoms with E-state index in [-0.39, 0.29) is 18.0 Å². The van der Waals surface area contributed by atoms with Gasteiger partial charge in [-0.25, -0.2) is 0 Å². The molecule has 0 saturated heterocycles. The molecular formula is C32H54O3. The molecule has 0 spiro atoms. The van der Waals surface area contributed by atoms with Crippen molar-refractivity contribution in [2.24, 2.45) is 0 Å². The van der Waals surface area contributed by atoms with Crippen LogP contribution in [-0.2, 0) is 11.2 Å². The van der Waals surface area contributed by atoms with Crippen LogP contribution < -0.4 is 9.47 Å². The molecule has 200 valence electrons. The molecule has 0 radical (unpaired) electrons. The molecule has 3 rings (SSSR count). The highest BCUT2D eigenvalue weighted by Gasteiger charge is 2.38. The van der Waals surface area contributed by atoms with E-state index in [4.69, 9.17) is 14.2 Å². The number of fused-ring (bicyclic) bond motifs is 3. The van der Waals surface area contributed by atoms with Gasteiger partial charge < -0.3 is 14.2 Å². The Bertz CT molecular complexity index is 786. The van der Waals surface area contributed by atoms with E-state index in [1.807, 2.05) is 6.92 Å². The molecule has 1 unspecified atom stereocenters. The van der Waals surface area contributed by atoms with Crippen LogP contribution in [0.5, 0.6) is 11.5 Å². The van der Waals surface area contributed by atoms with E-state index >= 15 is 0 Å². The van der Waals surface area contributed by atoms with Gasteiger partial charge in [-0.05, 0) is 71.4 Å². The largest absolute Gasteiger partial charge is 0.487 e. The summed E-state index contributed by atoms with van der Waals surface area (Å²) in [5.74, 6) is 2.14. The quantitative estimate of drug-likeness (QED) is 0.231. The SMILES string of the molecule is CCCCCCCCCCCCCCCCC1(C)CCc2c(c(C)c(C)c3c2[C@@H](C)O[C@H](C)O3)O1. The van der Waals surface area contributed by atoms with Gasteiger partial charge in [0.15, 0.2) is 6.29 Å². The van der Waals surface area contributed by atoms with E-state index in [1.165, 1.54) is 112 Å². The number of hydrogen-bond acceptors (Lipinski definition) is 3. The summed E-state index contributed by atoms with van der Waals surface area (Å²) in [7, 11) is 0. The summed E-state index contributed by atoms with van der Waals surface area (Å²) in [5.41, 5.74) is 4.94. The lowest BCUT2D eigenvalue weighted by Gasteiger charge is -2.41. The Kier molecular flexibility index (Phi) is 11.3. The molecule has 1 aromatic rings. The first kappa shape index (κ1) is 28.4. The predicted molar refractivity (Wildman–Crippen MR) is 148 cm³/mol. The van der Waals surface area contributed by atoms with Gasteiger partial charge in [-0.1, -0.05) is 90.4 Å². The summed E-state index contributed by atoms with van der Waals surface area (Å²) in [6.07, 6.45) is 22.8. The molecule has 3 nitrogen and oxygen atoms in total. The highest BCUT2D eigenvalue weighted by Crippen LogP contribution is 2.49. The number of hydrogen-bond donors (Lipinski definition) is 0. The van der Waals surface area contributed by atoms with Crippen LogP contribution in [0.2, 0.25) is 0 Å². The summed E-state index contributed by atoms with van der Waals surface area (Å²) < 4.78 is 18.9. The first-order valence-electron chi connectivity index (χ1n) is 15.0. The lowest BCUT2D eigenvalue weighted by atomic mass is 9.83. The Morgan fingerprint density at radius 1 is 0.743 bits per heavy atom. The van der Waals surface area contributed by atoms with Crippen LogP contribution in [0.25, 0.3) is 0 Å². The van der Waals surface area contributed by atoms with Gasteiger partial charge in [0.05, 0.1) is 6.10 Å². The van der Waals surface area contributed by atoms with E-state index in [0.29, 0.717) is 0 Å². The summed E-state index contributed by atoms with van der Waals surface area (Å²) in [4.78, 5) is 0. The van der Waals surface area contributed by atoms with Crippen molar-refractivity contribution in [1.82, 2.24) is 0 Å². The van der Waals surface area contributed by atoms with Gasteiger partial charge >= 0.3 is 0 Å². The molecule has 0 aromatic heterocycles. The zero-order chi connectivity index (χ0) is 25.3. The van der Waals surface area contributed by atoms with Crippen LogP contribution in [0.3, 0.4) is 0 Å². The molecule has 0 bridgehead atoms. The summed E-state index contributed by atoms with van der Waals surface area (Å²) in [6.45, 7) is 13.1. The van der Waals surface area contributed by atoms with Gasteiger partial charge in [-0.2, -0.15) is 0 Å². The lowest BCUT2D eigenvalue weighted by Crippen LogP contribution is -2.38. The van der Waals surface area contributed by atoms with Crippen molar-refractivity contribution >= 4 is 0 Å². The van der Waals surface area contributed by atoms with Crippen molar-refractivity contribution in [3.8, 4) is 11.5 Å². The molecule has 2 aliphatic rings. The van der Waals surface area contributed by atoms with E-state index in [2.05, 4.69) is 34.6 Å². The number of ether oxygens (including phenoxy) is 3. The first-order valence-corrected chi connectivity index (χ1v) is 15.0. The van der Waals surface area contributed by atoms with E-state index < -0.39 is 0 Å². The van der Waals surface area contributed by atoms with E-state index in [0.717, 1.165) is 30.8 Å². The third kappa shape index (κ3) is 7.88. The summed E-state index contributed by atoms with van der Waals surface area (Å²) >= 11 is 0. The smallest absolute Gasteiger partial charge is 0.197 e. The fraction of sp³-hybridized carbons (Fsp3) is 0.812. The molecule has 0 saturated carbocycles. The van der Waals surface area contributed by atoms with Gasteiger partial charge in [0.25, 0.3) is 0 Å². The molecule has 0 N–H and O–H groups in total. The summed E-state index contributed by atoms with van der Waals surface area (Å²) in [5, 5.41) is 0. The highest BCUT2D eigenvalue weighted by molar-refractivity contribution is 5.60. The summed E-state index contributed by atoms with van der Waals surface area (Å²) in [6, 6.07) is 0. The van der Waals surface area contributed by atoms with Crippen molar-refractivity contribution in [3.63, 3.8) is 0 Å². The number of unbranched alkanes of at least 4 members (excludes halogenated alkanes) is 13. The van der Waals surface area contributed by atoms with Crippen molar-refractivity contribution < 1.29 is 14.2 Å². The predicted octanol–water partition coefficient (Wildman–Crippen LogP) is 10.1. The van der Waals surface area contributed by atoms with Crippen LogP contribution in [0, 0.1) is 13.8 Å². The Morgan fingerprint density at radius 2 is 1.26 bits per heavy atom. The topological polar surface area (TPSA) is 27.7 Å². The molecule has 1 aromatic carbocycles. The van der Waals surface area contributed by atoms with Crippen molar-refractivity contribution in [1.29, 1.82) is 0 Å². The minimum atomic E-state index is -0.191. The van der Waals surface area contributed by atoms with Gasteiger partial charge in [0.2, 0.25) is 0 Å². The highest BCUT2D eigenvalue weighted by atomic mass is 16.7. The first-order chi connectivity index (χ1) is 16.9. The fourth-order valence-electron chi connectivity index (χ4n) is 6.10. The van der Waals surface area contributed by atoms with Gasteiger partial charge in [0.1, 0.15) is 17.1 Å². The van der Waals surface area contributed by atoms with E-state index in [1.54, 1.807) is 0 Å². The standard InChI is InChI=1S/C32H54O3/c1-7-8-9-10-11-12-13-14-15-16-17-18-19-20-22-32(6)23-21-28-29-26(4)33-27(5)34-31(29)25(3)24(2)30(28)35-32/h26-27H,7-23H2,1-6H3/t26-,27+,32?/m1/s1. The monoisotopic (exact) mass is 486 g/mol. The zero-order valence-corrected chi connectivity index (χ0v) is 23.9. The number of benzene rings is 1. The maximum absolute atomic E-state index is 6.77. The van der Waals surface area contributed by atoms with Crippen LogP contribution in [0.15, 0.2) is 0 Å². The third-order valence-electron chi connectivity index (χ3n) is 8.49. The van der Waals surface area contributed by atoms with Crippen molar-refractivity contribution in [3.05, 3.63) is 22.3 Å². The molecule has 0 amide bonds. The molecule has 0 aliphatic carbocycles. The molecule has 2 heterocycles. The second-order valence-electron chi connectivity index (χ2n) is 11.7. The average Bonchev–Trinajstić information content (AvgIpc) is 2.82. The zero-order valence-electron chi connectivity index (χ0n) is 23.9. The van der Waals surface area contributed by atoms with Gasteiger partial charge in [-0.15, -0.1) is 0 Å². The van der Waals surface area contributed by atoms with Gasteiger partial charge in [0, 0.05) is 11.1 Å². The van der Waals surface area contributed by atoms with Crippen LogP contribution >= 0.6 is 0 Å². The normalized spacial score (nSPS) is 23.4. The lowest BCUT2D eigenvalue weighted by molar-refractivity contribution is -0.124. The molecule has 35 heavy (non-hydrogen) atoms. The number of rotatable bonds is 15. The Hall–Kier alpha value is -1.22. The Labute approximate surface area is 216 Å². The Morgan fingerprint density at radius 3 is 1.83 bits per heavy atom. The van der Waals surface area contributed by atoms with Crippen LogP contribution in [-0.4, -0.2) is 11.9 Å². The van der Waals surface area contributed by atoms with Crippen LogP contribution in [0.4, 0.5) is 0 Å². The molecular weight excluding hydrogens is 432 g/mol. The maximum atomic E-state index is 6.77. The minimum Gasteiger partial charge on any atom is -0.487 e. The molecule has 3 atom stereocenters. The van der Waals surface area contributed by atoms with Crippen molar-refractivity contribution in [2.45, 2.75) is 169 Å². The third-order valence-corrected chi connectivity index (χ3v) is 8.49. The Balaban J connectivity index is 1.35. The van der Waals surface area contributed by atoms with Gasteiger partial charge in [-0.3, -0.25) is 0 Å².